The molecule has 1 unspecified atom stereocenters. The molecule has 0 saturated carbocycles. The number of nitrogens with zero attached hydrogens (tertiary/aromatic N) is 2. The molecule has 0 aromatic carbocycles. The Morgan fingerprint density at radius 1 is 1.12 bits per heavy atom. The number of piperazine rings is 1. The molecule has 2 fully saturated rings. The van der Waals surface area contributed by atoms with Gasteiger partial charge in [0.2, 0.25) is 5.91 Å². The number of H-pyrrole nitrogens is 1. The van der Waals surface area contributed by atoms with E-state index < -0.39 is 21.6 Å². The summed E-state index contributed by atoms with van der Waals surface area (Å²) < 4.78 is 62.2. The molecule has 0 spiro atoms. The van der Waals surface area contributed by atoms with E-state index in [4.69, 9.17) is 0 Å². The molecular formula is C21H25F3N3O3S2+. The SMILES string of the molecule is Cc1ccc(C2CN(c3ccc(C(F)(F)F)c[nH+]3)CCN2C(=O)C2CCS(=O)(=O)CC2)s1. The lowest BCUT2D eigenvalue weighted by Gasteiger charge is -2.40. The molecule has 2 aromatic rings. The van der Waals surface area contributed by atoms with Gasteiger partial charge in [-0.05, 0) is 38.0 Å². The van der Waals surface area contributed by atoms with Crippen LogP contribution in [0.5, 0.6) is 0 Å². The van der Waals surface area contributed by atoms with Gasteiger partial charge in [0, 0.05) is 21.7 Å². The number of carbonyl (C=O) groups is 1. The maximum Gasteiger partial charge on any atom is 0.419 e. The summed E-state index contributed by atoms with van der Waals surface area (Å²) >= 11 is 1.59. The summed E-state index contributed by atoms with van der Waals surface area (Å²) in [5.74, 6) is 0.282. The predicted octanol–water partition coefficient (Wildman–Crippen LogP) is 3.10. The maximum atomic E-state index is 13.3. The number of aromatic nitrogens is 1. The van der Waals surface area contributed by atoms with Gasteiger partial charge < -0.3 is 4.90 Å². The Kier molecular flexibility index (Phi) is 6.23. The van der Waals surface area contributed by atoms with E-state index in [1.807, 2.05) is 28.9 Å². The number of aromatic amines is 1. The van der Waals surface area contributed by atoms with Crippen LogP contribution in [0.1, 0.15) is 34.2 Å². The van der Waals surface area contributed by atoms with Gasteiger partial charge in [-0.3, -0.25) is 9.69 Å². The first-order chi connectivity index (χ1) is 15.0. The Bertz CT molecular complexity index is 1070. The van der Waals surface area contributed by atoms with E-state index in [0.29, 0.717) is 38.3 Å². The average Bonchev–Trinajstić information content (AvgIpc) is 3.18. The third kappa shape index (κ3) is 4.93. The molecule has 2 aliphatic rings. The van der Waals surface area contributed by atoms with Crippen molar-refractivity contribution in [3.8, 4) is 0 Å². The fourth-order valence-electron chi connectivity index (χ4n) is 4.30. The van der Waals surface area contributed by atoms with Crippen LogP contribution in [0.15, 0.2) is 30.5 Å². The molecule has 4 heterocycles. The van der Waals surface area contributed by atoms with Crippen molar-refractivity contribution in [2.45, 2.75) is 32.0 Å². The second kappa shape index (κ2) is 8.66. The summed E-state index contributed by atoms with van der Waals surface area (Å²) in [7, 11) is -3.06. The first-order valence-electron chi connectivity index (χ1n) is 10.4. The molecule has 2 saturated heterocycles. The van der Waals surface area contributed by atoms with Gasteiger partial charge in [-0.1, -0.05) is 0 Å². The van der Waals surface area contributed by atoms with Crippen LogP contribution in [0.25, 0.3) is 0 Å². The van der Waals surface area contributed by atoms with E-state index in [-0.39, 0.29) is 29.4 Å². The minimum atomic E-state index is -4.41. The molecule has 11 heteroatoms. The van der Waals surface area contributed by atoms with E-state index in [1.54, 1.807) is 11.3 Å². The lowest BCUT2D eigenvalue weighted by atomic mass is 9.98. The normalized spacial score (nSPS) is 22.2. The number of thiophene rings is 1. The first kappa shape index (κ1) is 23.0. The Morgan fingerprint density at radius 3 is 2.41 bits per heavy atom. The topological polar surface area (TPSA) is 71.8 Å². The number of amides is 1. The van der Waals surface area contributed by atoms with Crippen LogP contribution in [-0.4, -0.2) is 50.4 Å². The highest BCUT2D eigenvalue weighted by Gasteiger charge is 2.40. The van der Waals surface area contributed by atoms with Crippen LogP contribution in [0.3, 0.4) is 0 Å². The molecule has 0 aliphatic carbocycles. The second-order valence-electron chi connectivity index (χ2n) is 8.33. The van der Waals surface area contributed by atoms with Gasteiger partial charge in [-0.15, -0.1) is 11.3 Å². The van der Waals surface area contributed by atoms with Crippen molar-refractivity contribution in [3.05, 3.63) is 45.8 Å². The molecule has 4 rings (SSSR count). The molecule has 2 aromatic heterocycles. The van der Waals surface area contributed by atoms with Crippen LogP contribution in [0, 0.1) is 12.8 Å². The van der Waals surface area contributed by atoms with Crippen molar-refractivity contribution in [1.29, 1.82) is 0 Å². The van der Waals surface area contributed by atoms with Crippen molar-refractivity contribution in [3.63, 3.8) is 0 Å². The third-order valence-corrected chi connectivity index (χ3v) is 8.94. The number of hydrogen-bond donors (Lipinski definition) is 0. The van der Waals surface area contributed by atoms with Gasteiger partial charge in [0.05, 0.1) is 23.6 Å². The van der Waals surface area contributed by atoms with Crippen molar-refractivity contribution in [2.24, 2.45) is 5.92 Å². The standard InChI is InChI=1S/C21H24F3N3O3S2/c1-14-2-4-18(31-14)17-13-26(19-5-3-16(12-25-19)21(22,23)24)8-9-27(17)20(28)15-6-10-32(29,30)11-7-15/h2-5,12,15,17H,6-11,13H2,1H3/p+1. The fourth-order valence-corrected chi connectivity index (χ4v) is 6.78. The summed E-state index contributed by atoms with van der Waals surface area (Å²) in [5, 5.41) is 0. The average molecular weight is 489 g/mol. The Labute approximate surface area is 189 Å². The summed E-state index contributed by atoms with van der Waals surface area (Å²) in [5.41, 5.74) is -0.743. The van der Waals surface area contributed by atoms with Gasteiger partial charge in [-0.2, -0.15) is 13.2 Å². The number of rotatable bonds is 3. The smallest absolute Gasteiger partial charge is 0.327 e. The van der Waals surface area contributed by atoms with Gasteiger partial charge in [0.15, 0.2) is 0 Å². The molecule has 2 aliphatic heterocycles. The maximum absolute atomic E-state index is 13.3. The van der Waals surface area contributed by atoms with Crippen molar-refractivity contribution < 1.29 is 31.4 Å². The molecule has 1 N–H and O–H groups in total. The third-order valence-electron chi connectivity index (χ3n) is 6.12. The van der Waals surface area contributed by atoms with Crippen molar-refractivity contribution in [1.82, 2.24) is 4.90 Å². The number of aryl methyl sites for hydroxylation is 1. The van der Waals surface area contributed by atoms with E-state index in [0.717, 1.165) is 22.0 Å². The summed E-state index contributed by atoms with van der Waals surface area (Å²) in [4.78, 5) is 22.0. The molecular weight excluding hydrogens is 463 g/mol. The number of anilines is 1. The highest BCUT2D eigenvalue weighted by atomic mass is 32.2. The Balaban J connectivity index is 1.55. The number of halogens is 3. The van der Waals surface area contributed by atoms with Gasteiger partial charge in [-0.25, -0.2) is 13.4 Å². The summed E-state index contributed by atoms with van der Waals surface area (Å²) in [6.45, 7) is 3.31. The fraction of sp³-hybridized carbons (Fsp3) is 0.524. The van der Waals surface area contributed by atoms with Crippen LogP contribution in [-0.2, 0) is 20.8 Å². The molecule has 1 amide bonds. The monoisotopic (exact) mass is 488 g/mol. The summed E-state index contributed by atoms with van der Waals surface area (Å²) in [6, 6.07) is 6.19. The molecule has 1 atom stereocenters. The number of hydrogen-bond acceptors (Lipinski definition) is 5. The van der Waals surface area contributed by atoms with Crippen molar-refractivity contribution >= 4 is 32.9 Å². The number of carbonyl (C=O) groups excluding carboxylic acids is 1. The molecule has 174 valence electrons. The second-order valence-corrected chi connectivity index (χ2v) is 12.0. The quantitative estimate of drug-likeness (QED) is 0.666. The molecule has 6 nitrogen and oxygen atoms in total. The van der Waals surface area contributed by atoms with E-state index in [2.05, 4.69) is 4.98 Å². The number of alkyl halides is 3. The van der Waals surface area contributed by atoms with E-state index in [1.165, 1.54) is 6.07 Å². The van der Waals surface area contributed by atoms with Crippen LogP contribution in [0.4, 0.5) is 19.0 Å². The number of pyridine rings is 1. The lowest BCUT2D eigenvalue weighted by molar-refractivity contribution is -0.368. The van der Waals surface area contributed by atoms with Gasteiger partial charge in [0.1, 0.15) is 35.2 Å². The van der Waals surface area contributed by atoms with Crippen LogP contribution in [0.2, 0.25) is 0 Å². The van der Waals surface area contributed by atoms with Crippen LogP contribution < -0.4 is 9.88 Å². The minimum absolute atomic E-state index is 0.0344. The predicted molar refractivity (Wildman–Crippen MR) is 115 cm³/mol. The molecule has 32 heavy (non-hydrogen) atoms. The van der Waals surface area contributed by atoms with E-state index in [9.17, 15) is 26.4 Å². The molecule has 0 bridgehead atoms. The van der Waals surface area contributed by atoms with Gasteiger partial charge in [0.25, 0.3) is 5.82 Å². The Morgan fingerprint density at radius 2 is 1.84 bits per heavy atom. The molecule has 0 radical (unpaired) electrons. The van der Waals surface area contributed by atoms with Gasteiger partial charge >= 0.3 is 6.18 Å². The first-order valence-corrected chi connectivity index (χ1v) is 13.1. The zero-order valence-electron chi connectivity index (χ0n) is 17.6. The van der Waals surface area contributed by atoms with E-state index >= 15 is 0 Å². The van der Waals surface area contributed by atoms with Crippen LogP contribution >= 0.6 is 11.3 Å². The minimum Gasteiger partial charge on any atom is -0.327 e. The zero-order valence-corrected chi connectivity index (χ0v) is 19.2. The number of nitrogens with one attached hydrogen (secondary N) is 1. The van der Waals surface area contributed by atoms with Crippen molar-refractivity contribution in [2.75, 3.05) is 36.0 Å². The Hall–Kier alpha value is -2.14. The summed E-state index contributed by atoms with van der Waals surface area (Å²) in [6.07, 6.45) is -2.78. The lowest BCUT2D eigenvalue weighted by Crippen LogP contribution is -2.53. The zero-order chi connectivity index (χ0) is 23.1. The highest BCUT2D eigenvalue weighted by Crippen LogP contribution is 2.35. The highest BCUT2D eigenvalue weighted by molar-refractivity contribution is 7.91. The number of sulfone groups is 1. The largest absolute Gasteiger partial charge is 0.419 e.